The second-order valence-corrected chi connectivity index (χ2v) is 3.74. The highest BCUT2D eigenvalue weighted by molar-refractivity contribution is 5.35. The molecule has 0 saturated carbocycles. The number of benzene rings is 1. The molecule has 0 bridgehead atoms. The van der Waals surface area contributed by atoms with E-state index in [1.165, 1.54) is 22.8 Å². The minimum absolute atomic E-state index is 0.0955. The van der Waals surface area contributed by atoms with Crippen LogP contribution in [0.4, 0.5) is 10.1 Å². The molecular formula is C12H9FN2O3. The molecule has 0 aliphatic heterocycles. The van der Waals surface area contributed by atoms with Gasteiger partial charge >= 0.3 is 0 Å². The monoisotopic (exact) mass is 248 g/mol. The zero-order chi connectivity index (χ0) is 13.1. The van der Waals surface area contributed by atoms with Gasteiger partial charge < -0.3 is 4.57 Å². The van der Waals surface area contributed by atoms with Crippen LogP contribution in [0.3, 0.4) is 0 Å². The Balaban J connectivity index is 2.38. The van der Waals surface area contributed by atoms with Gasteiger partial charge in [0.1, 0.15) is 5.82 Å². The molecule has 0 amide bonds. The average molecular weight is 248 g/mol. The Kier molecular flexibility index (Phi) is 3.18. The predicted molar refractivity (Wildman–Crippen MR) is 62.9 cm³/mol. The van der Waals surface area contributed by atoms with Crippen molar-refractivity contribution in [3.8, 4) is 0 Å². The quantitative estimate of drug-likeness (QED) is 0.616. The Labute approximate surface area is 101 Å². The van der Waals surface area contributed by atoms with E-state index in [1.54, 1.807) is 18.3 Å². The first-order valence-electron chi connectivity index (χ1n) is 5.15. The van der Waals surface area contributed by atoms with Crippen molar-refractivity contribution in [1.82, 2.24) is 4.57 Å². The van der Waals surface area contributed by atoms with Crippen LogP contribution in [0.2, 0.25) is 0 Å². The van der Waals surface area contributed by atoms with Gasteiger partial charge in [0, 0.05) is 18.3 Å². The van der Waals surface area contributed by atoms with Crippen molar-refractivity contribution in [1.29, 1.82) is 0 Å². The van der Waals surface area contributed by atoms with E-state index in [4.69, 9.17) is 0 Å². The summed E-state index contributed by atoms with van der Waals surface area (Å²) in [7, 11) is 0. The van der Waals surface area contributed by atoms with Gasteiger partial charge in [-0.25, -0.2) is 4.39 Å². The molecule has 2 rings (SSSR count). The van der Waals surface area contributed by atoms with Crippen molar-refractivity contribution < 1.29 is 9.31 Å². The first kappa shape index (κ1) is 12.0. The lowest BCUT2D eigenvalue weighted by Gasteiger charge is -2.05. The van der Waals surface area contributed by atoms with Crippen LogP contribution >= 0.6 is 0 Å². The molecule has 0 saturated heterocycles. The number of aromatic nitrogens is 1. The number of rotatable bonds is 3. The van der Waals surface area contributed by atoms with Gasteiger partial charge in [0.2, 0.25) is 0 Å². The maximum atomic E-state index is 13.2. The maximum Gasteiger partial charge on any atom is 0.272 e. The molecule has 1 aromatic heterocycles. The van der Waals surface area contributed by atoms with E-state index in [0.717, 1.165) is 6.07 Å². The number of nitro benzene ring substituents is 1. The van der Waals surface area contributed by atoms with E-state index in [9.17, 15) is 19.3 Å². The summed E-state index contributed by atoms with van der Waals surface area (Å²) < 4.78 is 14.5. The molecule has 6 heteroatoms. The van der Waals surface area contributed by atoms with E-state index >= 15 is 0 Å². The van der Waals surface area contributed by atoms with Gasteiger partial charge in [-0.1, -0.05) is 6.07 Å². The van der Waals surface area contributed by atoms with Gasteiger partial charge in [-0.15, -0.1) is 0 Å². The maximum absolute atomic E-state index is 13.2. The zero-order valence-electron chi connectivity index (χ0n) is 9.25. The van der Waals surface area contributed by atoms with Crippen LogP contribution in [0, 0.1) is 15.9 Å². The number of hydrogen-bond acceptors (Lipinski definition) is 3. The summed E-state index contributed by atoms with van der Waals surface area (Å²) in [4.78, 5) is 21.4. The summed E-state index contributed by atoms with van der Waals surface area (Å²) in [5, 5.41) is 10.6. The van der Waals surface area contributed by atoms with E-state index in [1.807, 2.05) is 0 Å². The molecule has 0 aliphatic carbocycles. The van der Waals surface area contributed by atoms with Crippen molar-refractivity contribution in [3.63, 3.8) is 0 Å². The van der Waals surface area contributed by atoms with Crippen molar-refractivity contribution in [2.24, 2.45) is 0 Å². The molecule has 0 fully saturated rings. The van der Waals surface area contributed by atoms with Crippen molar-refractivity contribution >= 4 is 5.69 Å². The fraction of sp³-hybridized carbons (Fsp3) is 0.0833. The van der Waals surface area contributed by atoms with E-state index in [-0.39, 0.29) is 17.8 Å². The highest BCUT2D eigenvalue weighted by Gasteiger charge is 2.10. The molecule has 0 spiro atoms. The summed E-state index contributed by atoms with van der Waals surface area (Å²) in [6.07, 6.45) is 1.54. The summed E-state index contributed by atoms with van der Waals surface area (Å²) in [5.74, 6) is -0.691. The standard InChI is InChI=1S/C12H9FN2O3/c13-10-5-9(6-11(7-10)15(17)18)8-14-4-2-1-3-12(14)16/h1-7H,8H2. The third-order valence-electron chi connectivity index (χ3n) is 2.41. The molecule has 5 nitrogen and oxygen atoms in total. The molecule has 0 unspecified atom stereocenters. The topological polar surface area (TPSA) is 65.1 Å². The summed E-state index contributed by atoms with van der Waals surface area (Å²) in [6, 6.07) is 7.89. The summed E-state index contributed by atoms with van der Waals surface area (Å²) >= 11 is 0. The number of non-ortho nitro benzene ring substituents is 1. The van der Waals surface area contributed by atoms with Gasteiger partial charge in [-0.05, 0) is 17.7 Å². The number of hydrogen-bond donors (Lipinski definition) is 0. The van der Waals surface area contributed by atoms with Crippen LogP contribution in [0.1, 0.15) is 5.56 Å². The van der Waals surface area contributed by atoms with Crippen LogP contribution in [0.25, 0.3) is 0 Å². The molecule has 92 valence electrons. The van der Waals surface area contributed by atoms with Gasteiger partial charge in [0.25, 0.3) is 11.2 Å². The Bertz CT molecular complexity index is 652. The SMILES string of the molecule is O=c1ccccn1Cc1cc(F)cc([N+](=O)[O-])c1. The molecule has 0 aliphatic rings. The summed E-state index contributed by atoms with van der Waals surface area (Å²) in [6.45, 7) is 0.0955. The second kappa shape index (κ2) is 4.79. The minimum atomic E-state index is -0.691. The number of halogens is 1. The number of nitro groups is 1. The first-order chi connectivity index (χ1) is 8.56. The fourth-order valence-corrected chi connectivity index (χ4v) is 1.62. The molecule has 0 atom stereocenters. The fourth-order valence-electron chi connectivity index (χ4n) is 1.62. The molecule has 0 N–H and O–H groups in total. The minimum Gasteiger partial charge on any atom is -0.311 e. The molecule has 18 heavy (non-hydrogen) atoms. The lowest BCUT2D eigenvalue weighted by molar-refractivity contribution is -0.385. The zero-order valence-corrected chi connectivity index (χ0v) is 9.25. The molecule has 0 radical (unpaired) electrons. The lowest BCUT2D eigenvalue weighted by Crippen LogP contribution is -2.18. The van der Waals surface area contributed by atoms with Gasteiger partial charge in [-0.2, -0.15) is 0 Å². The Morgan fingerprint density at radius 1 is 1.28 bits per heavy atom. The van der Waals surface area contributed by atoms with Crippen molar-refractivity contribution in [2.45, 2.75) is 6.54 Å². The Morgan fingerprint density at radius 3 is 2.72 bits per heavy atom. The van der Waals surface area contributed by atoms with Gasteiger partial charge in [0.15, 0.2) is 0 Å². The predicted octanol–water partition coefficient (Wildman–Crippen LogP) is 1.94. The van der Waals surface area contributed by atoms with Crippen LogP contribution < -0.4 is 5.56 Å². The van der Waals surface area contributed by atoms with Crippen LogP contribution in [0.15, 0.2) is 47.4 Å². The largest absolute Gasteiger partial charge is 0.311 e. The Hall–Kier alpha value is -2.50. The van der Waals surface area contributed by atoms with Crippen LogP contribution in [-0.4, -0.2) is 9.49 Å². The second-order valence-electron chi connectivity index (χ2n) is 3.74. The van der Waals surface area contributed by atoms with Crippen LogP contribution in [0.5, 0.6) is 0 Å². The summed E-state index contributed by atoms with van der Waals surface area (Å²) in [5.41, 5.74) is -0.201. The molecule has 2 aromatic rings. The number of pyridine rings is 1. The average Bonchev–Trinajstić information content (AvgIpc) is 2.31. The highest BCUT2D eigenvalue weighted by atomic mass is 19.1. The third-order valence-corrected chi connectivity index (χ3v) is 2.41. The molecule has 1 heterocycles. The van der Waals surface area contributed by atoms with Crippen molar-refractivity contribution in [2.75, 3.05) is 0 Å². The van der Waals surface area contributed by atoms with E-state index in [2.05, 4.69) is 0 Å². The third kappa shape index (κ3) is 2.60. The van der Waals surface area contributed by atoms with Gasteiger partial charge in [-0.3, -0.25) is 14.9 Å². The van der Waals surface area contributed by atoms with Crippen LogP contribution in [-0.2, 0) is 6.54 Å². The lowest BCUT2D eigenvalue weighted by atomic mass is 10.2. The van der Waals surface area contributed by atoms with Crippen molar-refractivity contribution in [3.05, 3.63) is 74.4 Å². The molecule has 1 aromatic carbocycles. The van der Waals surface area contributed by atoms with E-state index in [0.29, 0.717) is 5.56 Å². The van der Waals surface area contributed by atoms with Gasteiger partial charge in [0.05, 0.1) is 17.5 Å². The molecular weight excluding hydrogens is 239 g/mol. The van der Waals surface area contributed by atoms with E-state index < -0.39 is 10.7 Å². The number of nitrogens with zero attached hydrogens (tertiary/aromatic N) is 2. The highest BCUT2D eigenvalue weighted by Crippen LogP contribution is 2.16. The smallest absolute Gasteiger partial charge is 0.272 e. The normalized spacial score (nSPS) is 10.3. The Morgan fingerprint density at radius 2 is 2.06 bits per heavy atom. The first-order valence-corrected chi connectivity index (χ1v) is 5.15.